The Bertz CT molecular complexity index is 1010. The van der Waals surface area contributed by atoms with E-state index in [0.29, 0.717) is 0 Å². The molecule has 0 fully saturated rings. The van der Waals surface area contributed by atoms with Crippen LogP contribution in [0.5, 0.6) is 0 Å². The number of aromatic carboxylic acids is 1. The molecule has 0 radical (unpaired) electrons. The average molecular weight is 288 g/mol. The first-order valence-corrected chi connectivity index (χ1v) is 5.75. The minimum Gasteiger partial charge on any atom is -0.478 e. The van der Waals surface area contributed by atoms with Crippen molar-refractivity contribution >= 4 is 5.97 Å². The van der Waals surface area contributed by atoms with Crippen molar-refractivity contribution in [3.63, 3.8) is 0 Å². The predicted octanol–water partition coefficient (Wildman–Crippen LogP) is 3.24. The number of hydrogen-bond acceptors (Lipinski definition) is 4. The van der Waals surface area contributed by atoms with Gasteiger partial charge in [-0.25, -0.2) is 9.18 Å². The molecule has 3 aromatic rings. The van der Waals surface area contributed by atoms with Crippen LogP contribution in [0.4, 0.5) is 4.39 Å². The number of carboxylic acids is 1. The third kappa shape index (κ3) is 2.51. The number of rotatable bonds is 3. The van der Waals surface area contributed by atoms with Crippen LogP contribution in [-0.4, -0.2) is 21.2 Å². The lowest BCUT2D eigenvalue weighted by Crippen LogP contribution is -1.96. The highest BCUT2D eigenvalue weighted by molar-refractivity contribution is 5.89. The van der Waals surface area contributed by atoms with E-state index in [-0.39, 0.29) is 22.8 Å². The van der Waals surface area contributed by atoms with Crippen LogP contribution in [-0.2, 0) is 0 Å². The summed E-state index contributed by atoms with van der Waals surface area (Å²) >= 11 is 0. The molecule has 0 spiro atoms. The highest BCUT2D eigenvalue weighted by Crippen LogP contribution is 2.24. The Labute approximate surface area is 124 Å². The van der Waals surface area contributed by atoms with Gasteiger partial charge in [0, 0.05) is 5.56 Å². The van der Waals surface area contributed by atoms with Crippen molar-refractivity contribution in [2.75, 3.05) is 0 Å². The molecular formula is C15H9FN2O3. The van der Waals surface area contributed by atoms with Gasteiger partial charge >= 0.3 is 5.97 Å². The van der Waals surface area contributed by atoms with Gasteiger partial charge in [-0.3, -0.25) is 0 Å². The lowest BCUT2D eigenvalue weighted by atomic mass is 10.1. The number of benzene rings is 2. The smallest absolute Gasteiger partial charge is 0.335 e. The molecule has 0 atom stereocenters. The van der Waals surface area contributed by atoms with E-state index in [0.717, 1.165) is 0 Å². The molecule has 0 saturated heterocycles. The summed E-state index contributed by atoms with van der Waals surface area (Å²) in [5.74, 6) is -2.75. The fourth-order valence-electron chi connectivity index (χ4n) is 1.63. The molecule has 2 aromatic carbocycles. The Morgan fingerprint density at radius 2 is 2.14 bits per heavy atom. The molecular weight excluding hydrogens is 275 g/mol. The molecule has 3 rings (SSSR count). The molecule has 0 unspecified atom stereocenters. The van der Waals surface area contributed by atoms with Gasteiger partial charge in [0.1, 0.15) is 5.82 Å². The zero-order valence-corrected chi connectivity index (χ0v) is 10.3. The van der Waals surface area contributed by atoms with E-state index in [1.807, 2.05) is 0 Å². The first-order chi connectivity index (χ1) is 11.8. The summed E-state index contributed by atoms with van der Waals surface area (Å²) in [6.45, 7) is 0. The predicted molar refractivity (Wildman–Crippen MR) is 72.1 cm³/mol. The van der Waals surface area contributed by atoms with Crippen molar-refractivity contribution in [3.8, 4) is 22.8 Å². The third-order valence-corrected chi connectivity index (χ3v) is 2.59. The van der Waals surface area contributed by atoms with Crippen molar-refractivity contribution in [2.45, 2.75) is 0 Å². The highest BCUT2D eigenvalue weighted by atomic mass is 19.1. The standard InChI is InChI=1S/C15H9FN2O3/c16-12-7-2-1-6-11(12)14-17-13(18-21-14)9-4-3-5-10(8-9)15(19)20/h1-8H,(H,19,20)/i3D,4D,5D,8D. The number of hydrogen-bond donors (Lipinski definition) is 1. The quantitative estimate of drug-likeness (QED) is 0.800. The van der Waals surface area contributed by atoms with Crippen LogP contribution in [0.25, 0.3) is 22.8 Å². The van der Waals surface area contributed by atoms with Crippen LogP contribution in [0.3, 0.4) is 0 Å². The molecule has 21 heavy (non-hydrogen) atoms. The van der Waals surface area contributed by atoms with E-state index < -0.39 is 41.5 Å². The van der Waals surface area contributed by atoms with E-state index in [1.54, 1.807) is 6.07 Å². The van der Waals surface area contributed by atoms with E-state index in [9.17, 15) is 9.18 Å². The summed E-state index contributed by atoms with van der Waals surface area (Å²) in [7, 11) is 0. The second-order valence-corrected chi connectivity index (χ2v) is 3.96. The molecule has 0 aliphatic rings. The lowest BCUT2D eigenvalue weighted by molar-refractivity contribution is 0.0697. The summed E-state index contributed by atoms with van der Waals surface area (Å²) in [4.78, 5) is 15.2. The van der Waals surface area contributed by atoms with Gasteiger partial charge < -0.3 is 9.63 Å². The van der Waals surface area contributed by atoms with Gasteiger partial charge in [-0.2, -0.15) is 4.98 Å². The fourth-order valence-corrected chi connectivity index (χ4v) is 1.63. The molecule has 0 aliphatic heterocycles. The second kappa shape index (κ2) is 5.16. The maximum atomic E-state index is 13.8. The molecule has 5 nitrogen and oxygen atoms in total. The van der Waals surface area contributed by atoms with E-state index >= 15 is 0 Å². The van der Waals surface area contributed by atoms with Crippen LogP contribution in [0, 0.1) is 5.82 Å². The second-order valence-electron chi connectivity index (χ2n) is 3.96. The van der Waals surface area contributed by atoms with Crippen LogP contribution in [0.1, 0.15) is 15.8 Å². The van der Waals surface area contributed by atoms with Crippen molar-refractivity contribution in [1.82, 2.24) is 10.1 Å². The minimum atomic E-state index is -1.58. The molecule has 0 amide bonds. The van der Waals surface area contributed by atoms with Gasteiger partial charge in [0.2, 0.25) is 5.82 Å². The van der Waals surface area contributed by atoms with Gasteiger partial charge in [-0.15, -0.1) is 0 Å². The number of halogens is 1. The normalized spacial score (nSPS) is 13.2. The van der Waals surface area contributed by atoms with Crippen molar-refractivity contribution in [3.05, 3.63) is 59.8 Å². The van der Waals surface area contributed by atoms with Gasteiger partial charge in [0.25, 0.3) is 5.89 Å². The molecule has 1 N–H and O–H groups in total. The SMILES string of the molecule is [2H]c1c([2H])c(C(=O)O)c([2H])c(-c2noc(-c3ccccc3F)n2)c1[2H]. The Morgan fingerprint density at radius 1 is 1.33 bits per heavy atom. The molecule has 0 aliphatic carbocycles. The zero-order chi connectivity index (χ0) is 18.3. The van der Waals surface area contributed by atoms with E-state index in [2.05, 4.69) is 10.1 Å². The molecule has 1 heterocycles. The lowest BCUT2D eigenvalue weighted by Gasteiger charge is -1.97. The first kappa shape index (κ1) is 9.02. The first-order valence-electron chi connectivity index (χ1n) is 7.75. The van der Waals surface area contributed by atoms with Gasteiger partial charge in [0.05, 0.1) is 16.6 Å². The molecule has 104 valence electrons. The highest BCUT2D eigenvalue weighted by Gasteiger charge is 2.14. The minimum absolute atomic E-state index is 0.000905. The summed E-state index contributed by atoms with van der Waals surface area (Å²) in [5, 5.41) is 12.7. The van der Waals surface area contributed by atoms with E-state index in [1.165, 1.54) is 18.2 Å². The van der Waals surface area contributed by atoms with Gasteiger partial charge in [0.15, 0.2) is 0 Å². The summed E-state index contributed by atoms with van der Waals surface area (Å²) in [6, 6.07) is 2.90. The number of carboxylic acid groups (broad SMARTS) is 1. The Morgan fingerprint density at radius 3 is 2.90 bits per heavy atom. The molecule has 0 saturated carbocycles. The average Bonchev–Trinajstić information content (AvgIpc) is 3.02. The number of aromatic nitrogens is 2. The third-order valence-electron chi connectivity index (χ3n) is 2.59. The van der Waals surface area contributed by atoms with Crippen LogP contribution >= 0.6 is 0 Å². The molecule has 1 aromatic heterocycles. The fraction of sp³-hybridized carbons (Fsp3) is 0. The number of carbonyl (C=O) groups is 1. The van der Waals surface area contributed by atoms with Crippen molar-refractivity contribution in [2.24, 2.45) is 0 Å². The van der Waals surface area contributed by atoms with Gasteiger partial charge in [-0.1, -0.05) is 29.4 Å². The Balaban J connectivity index is 2.22. The maximum absolute atomic E-state index is 13.8. The summed E-state index contributed by atoms with van der Waals surface area (Å²) < 4.78 is 49.9. The summed E-state index contributed by atoms with van der Waals surface area (Å²) in [5.41, 5.74) is -1.11. The Kier molecular flexibility index (Phi) is 2.22. The largest absolute Gasteiger partial charge is 0.478 e. The van der Waals surface area contributed by atoms with Crippen LogP contribution in [0.15, 0.2) is 53.0 Å². The van der Waals surface area contributed by atoms with E-state index in [4.69, 9.17) is 15.1 Å². The zero-order valence-electron chi connectivity index (χ0n) is 14.3. The monoisotopic (exact) mass is 288 g/mol. The maximum Gasteiger partial charge on any atom is 0.335 e. The number of nitrogens with zero attached hydrogens (tertiary/aromatic N) is 2. The molecule has 6 heteroatoms. The topological polar surface area (TPSA) is 76.2 Å². The van der Waals surface area contributed by atoms with Crippen LogP contribution < -0.4 is 0 Å². The summed E-state index contributed by atoms with van der Waals surface area (Å²) in [6.07, 6.45) is 0. The van der Waals surface area contributed by atoms with Crippen molar-refractivity contribution in [1.29, 1.82) is 0 Å². The van der Waals surface area contributed by atoms with Crippen LogP contribution in [0.2, 0.25) is 0 Å². The molecule has 0 bridgehead atoms. The Hall–Kier alpha value is -3.02. The van der Waals surface area contributed by atoms with Gasteiger partial charge in [-0.05, 0) is 24.2 Å². The van der Waals surface area contributed by atoms with Crippen molar-refractivity contribution < 1.29 is 24.3 Å².